The molecule has 0 aliphatic heterocycles. The molecular formula is C20H25Cl2N5S. The summed E-state index contributed by atoms with van der Waals surface area (Å²) in [7, 11) is 2.03. The van der Waals surface area contributed by atoms with E-state index in [2.05, 4.69) is 52.8 Å². The monoisotopic (exact) mass is 437 g/mol. The van der Waals surface area contributed by atoms with E-state index < -0.39 is 0 Å². The van der Waals surface area contributed by atoms with Gasteiger partial charge in [-0.25, -0.2) is 9.98 Å². The lowest BCUT2D eigenvalue weighted by atomic mass is 10.0. The number of halogens is 2. The van der Waals surface area contributed by atoms with Crippen LogP contribution in [0.5, 0.6) is 0 Å². The minimum atomic E-state index is 0. The molecule has 0 N–H and O–H groups in total. The molecule has 0 atom stereocenters. The zero-order chi connectivity index (χ0) is 18.5. The van der Waals surface area contributed by atoms with Gasteiger partial charge < -0.3 is 4.90 Å². The standard InChI is InChI=1S/C20H23N5S.2ClH/c1-5-25(4)13-23-17-9-14(2)16(8-15(17)3)10-20-24-19(12-26-20)18-11-21-6-7-22-18;;/h6-9,11-13H,5,10H2,1-4H3;2*1H. The number of rotatable bonds is 6. The fraction of sp³-hybridized carbons (Fsp3) is 0.300. The summed E-state index contributed by atoms with van der Waals surface area (Å²) in [6.07, 6.45) is 7.81. The summed E-state index contributed by atoms with van der Waals surface area (Å²) in [5, 5.41) is 3.12. The minimum Gasteiger partial charge on any atom is -0.366 e. The van der Waals surface area contributed by atoms with Crippen LogP contribution in [-0.4, -0.2) is 39.8 Å². The molecule has 8 heteroatoms. The molecule has 2 aromatic heterocycles. The Balaban J connectivity index is 0.00000196. The van der Waals surface area contributed by atoms with Crippen molar-refractivity contribution >= 4 is 48.2 Å². The highest BCUT2D eigenvalue weighted by atomic mass is 35.5. The summed E-state index contributed by atoms with van der Waals surface area (Å²) < 4.78 is 0. The lowest BCUT2D eigenvalue weighted by Crippen LogP contribution is -2.14. The van der Waals surface area contributed by atoms with Crippen molar-refractivity contribution in [1.29, 1.82) is 0 Å². The Morgan fingerprint density at radius 2 is 1.89 bits per heavy atom. The van der Waals surface area contributed by atoms with Crippen molar-refractivity contribution in [3.63, 3.8) is 0 Å². The summed E-state index contributed by atoms with van der Waals surface area (Å²) in [5.41, 5.74) is 6.41. The van der Waals surface area contributed by atoms with Crippen LogP contribution in [0.25, 0.3) is 11.4 Å². The van der Waals surface area contributed by atoms with Gasteiger partial charge in [-0.15, -0.1) is 36.2 Å². The van der Waals surface area contributed by atoms with Gasteiger partial charge in [-0.05, 0) is 43.5 Å². The van der Waals surface area contributed by atoms with Gasteiger partial charge in [0.2, 0.25) is 0 Å². The third-order valence-corrected chi connectivity index (χ3v) is 5.12. The maximum Gasteiger partial charge on any atom is 0.108 e. The van der Waals surface area contributed by atoms with Crippen molar-refractivity contribution in [2.24, 2.45) is 4.99 Å². The number of aryl methyl sites for hydroxylation is 2. The van der Waals surface area contributed by atoms with Crippen LogP contribution < -0.4 is 0 Å². The molecule has 0 radical (unpaired) electrons. The Kier molecular flexibility index (Phi) is 9.52. The van der Waals surface area contributed by atoms with Crippen LogP contribution in [0.1, 0.15) is 28.6 Å². The third kappa shape index (κ3) is 5.99. The number of hydrogen-bond donors (Lipinski definition) is 0. The summed E-state index contributed by atoms with van der Waals surface area (Å²) in [4.78, 5) is 19.8. The van der Waals surface area contributed by atoms with Gasteiger partial charge in [0.1, 0.15) is 11.4 Å². The molecule has 0 unspecified atom stereocenters. The van der Waals surface area contributed by atoms with Crippen LogP contribution in [0, 0.1) is 13.8 Å². The first-order valence-corrected chi connectivity index (χ1v) is 9.50. The number of nitrogens with zero attached hydrogens (tertiary/aromatic N) is 5. The first-order chi connectivity index (χ1) is 12.6. The van der Waals surface area contributed by atoms with E-state index in [0.29, 0.717) is 0 Å². The van der Waals surface area contributed by atoms with Crippen molar-refractivity contribution in [2.45, 2.75) is 27.2 Å². The van der Waals surface area contributed by atoms with E-state index in [1.165, 1.54) is 16.7 Å². The Bertz CT molecular complexity index is 912. The van der Waals surface area contributed by atoms with Crippen LogP contribution in [0.2, 0.25) is 0 Å². The van der Waals surface area contributed by atoms with Crippen LogP contribution in [0.4, 0.5) is 5.69 Å². The Morgan fingerprint density at radius 3 is 2.57 bits per heavy atom. The van der Waals surface area contributed by atoms with E-state index in [1.807, 2.05) is 18.8 Å². The second kappa shape index (κ2) is 11.1. The number of aliphatic imine (C=N–C) groups is 1. The molecule has 5 nitrogen and oxygen atoms in total. The smallest absolute Gasteiger partial charge is 0.108 e. The summed E-state index contributed by atoms with van der Waals surface area (Å²) >= 11 is 1.66. The average molecular weight is 438 g/mol. The maximum atomic E-state index is 4.72. The highest BCUT2D eigenvalue weighted by Gasteiger charge is 2.10. The predicted octanol–water partition coefficient (Wildman–Crippen LogP) is 5.26. The molecular weight excluding hydrogens is 413 g/mol. The first kappa shape index (κ1) is 24.0. The van der Waals surface area contributed by atoms with Crippen LogP contribution >= 0.6 is 36.2 Å². The molecule has 0 aliphatic carbocycles. The van der Waals surface area contributed by atoms with Crippen LogP contribution in [-0.2, 0) is 6.42 Å². The molecule has 0 saturated heterocycles. The van der Waals surface area contributed by atoms with Gasteiger partial charge in [0.15, 0.2) is 0 Å². The molecule has 2 heterocycles. The highest BCUT2D eigenvalue weighted by Crippen LogP contribution is 2.27. The second-order valence-corrected chi connectivity index (χ2v) is 7.22. The zero-order valence-corrected chi connectivity index (χ0v) is 18.9. The molecule has 0 bridgehead atoms. The second-order valence-electron chi connectivity index (χ2n) is 6.28. The van der Waals surface area contributed by atoms with Crippen LogP contribution in [0.15, 0.2) is 41.1 Å². The Hall–Kier alpha value is -2.02. The van der Waals surface area contributed by atoms with Gasteiger partial charge in [0, 0.05) is 37.8 Å². The Morgan fingerprint density at radius 1 is 1.11 bits per heavy atom. The van der Waals surface area contributed by atoms with E-state index in [1.54, 1.807) is 29.9 Å². The molecule has 0 aliphatic rings. The maximum absolute atomic E-state index is 4.72. The first-order valence-electron chi connectivity index (χ1n) is 8.62. The SMILES string of the molecule is CCN(C)C=Nc1cc(C)c(Cc2nc(-c3cnccn3)cs2)cc1C.Cl.Cl. The topological polar surface area (TPSA) is 54.3 Å². The molecule has 3 aromatic rings. The molecule has 0 fully saturated rings. The Labute approximate surface area is 182 Å². The average Bonchev–Trinajstić information content (AvgIpc) is 3.12. The van der Waals surface area contributed by atoms with Crippen molar-refractivity contribution < 1.29 is 0 Å². The van der Waals surface area contributed by atoms with Crippen molar-refractivity contribution in [3.05, 3.63) is 57.8 Å². The van der Waals surface area contributed by atoms with Gasteiger partial charge in [0.05, 0.1) is 23.2 Å². The molecule has 0 spiro atoms. The van der Waals surface area contributed by atoms with E-state index in [-0.39, 0.29) is 24.8 Å². The number of aromatic nitrogens is 3. The van der Waals surface area contributed by atoms with E-state index in [4.69, 9.17) is 4.98 Å². The lowest BCUT2D eigenvalue weighted by molar-refractivity contribution is 0.552. The summed E-state index contributed by atoms with van der Waals surface area (Å²) in [6.45, 7) is 7.29. The fourth-order valence-electron chi connectivity index (χ4n) is 2.54. The zero-order valence-electron chi connectivity index (χ0n) is 16.4. The summed E-state index contributed by atoms with van der Waals surface area (Å²) in [6, 6.07) is 4.37. The van der Waals surface area contributed by atoms with E-state index >= 15 is 0 Å². The van der Waals surface area contributed by atoms with Gasteiger partial charge >= 0.3 is 0 Å². The molecule has 0 saturated carbocycles. The van der Waals surface area contributed by atoms with Gasteiger partial charge in [-0.3, -0.25) is 9.97 Å². The number of thiazole rings is 1. The number of hydrogen-bond acceptors (Lipinski definition) is 5. The molecule has 28 heavy (non-hydrogen) atoms. The normalized spacial score (nSPS) is 10.4. The quantitative estimate of drug-likeness (QED) is 0.389. The molecule has 3 rings (SSSR count). The van der Waals surface area contributed by atoms with Crippen molar-refractivity contribution in [1.82, 2.24) is 19.9 Å². The van der Waals surface area contributed by atoms with Crippen molar-refractivity contribution in [2.75, 3.05) is 13.6 Å². The van der Waals surface area contributed by atoms with Crippen LogP contribution in [0.3, 0.4) is 0 Å². The molecule has 0 amide bonds. The highest BCUT2D eigenvalue weighted by molar-refractivity contribution is 7.10. The van der Waals surface area contributed by atoms with Gasteiger partial charge in [-0.2, -0.15) is 0 Å². The van der Waals surface area contributed by atoms with E-state index in [0.717, 1.165) is 35.0 Å². The molecule has 150 valence electrons. The molecule has 1 aromatic carbocycles. The minimum absolute atomic E-state index is 0. The van der Waals surface area contributed by atoms with Gasteiger partial charge in [-0.1, -0.05) is 6.07 Å². The number of benzene rings is 1. The third-order valence-electron chi connectivity index (χ3n) is 4.27. The van der Waals surface area contributed by atoms with Crippen molar-refractivity contribution in [3.8, 4) is 11.4 Å². The lowest BCUT2D eigenvalue weighted by Gasteiger charge is -2.11. The van der Waals surface area contributed by atoms with Gasteiger partial charge in [0.25, 0.3) is 0 Å². The summed E-state index contributed by atoms with van der Waals surface area (Å²) in [5.74, 6) is 0. The largest absolute Gasteiger partial charge is 0.366 e. The van der Waals surface area contributed by atoms with E-state index in [9.17, 15) is 0 Å². The fourth-order valence-corrected chi connectivity index (χ4v) is 3.35. The predicted molar refractivity (Wildman–Crippen MR) is 123 cm³/mol.